The molecule has 0 aliphatic heterocycles. The Hall–Kier alpha value is -2.10. The van der Waals surface area contributed by atoms with Crippen molar-refractivity contribution >= 4 is 5.91 Å². The highest BCUT2D eigenvalue weighted by atomic mass is 16.1. The van der Waals surface area contributed by atoms with Gasteiger partial charge in [-0.15, -0.1) is 0 Å². The number of hydrogen-bond acceptors (Lipinski definition) is 2. The fraction of sp³-hybridized carbons (Fsp3) is 0.412. The summed E-state index contributed by atoms with van der Waals surface area (Å²) in [4.78, 5) is 12.1. The van der Waals surface area contributed by atoms with Gasteiger partial charge in [-0.05, 0) is 43.2 Å². The molecule has 1 aromatic heterocycles. The predicted octanol–water partition coefficient (Wildman–Crippen LogP) is 2.35. The zero-order chi connectivity index (χ0) is 14.4. The first-order valence-electron chi connectivity index (χ1n) is 7.57. The van der Waals surface area contributed by atoms with E-state index >= 15 is 0 Å². The van der Waals surface area contributed by atoms with Gasteiger partial charge >= 0.3 is 0 Å². The molecular weight excluding hydrogens is 262 g/mol. The molecule has 1 spiro atoms. The molecule has 1 amide bonds. The van der Waals surface area contributed by atoms with Crippen molar-refractivity contribution in [1.29, 1.82) is 0 Å². The number of fused-ring (bicyclic) bond motifs is 2. The van der Waals surface area contributed by atoms with Crippen LogP contribution in [-0.4, -0.2) is 22.6 Å². The van der Waals surface area contributed by atoms with Gasteiger partial charge < -0.3 is 5.32 Å². The van der Waals surface area contributed by atoms with Gasteiger partial charge in [0.2, 0.25) is 0 Å². The lowest BCUT2D eigenvalue weighted by Crippen LogP contribution is -2.27. The van der Waals surface area contributed by atoms with Crippen molar-refractivity contribution in [2.24, 2.45) is 5.92 Å². The molecular formula is C17H19N3O. The molecule has 0 unspecified atom stereocenters. The van der Waals surface area contributed by atoms with Crippen LogP contribution < -0.4 is 5.32 Å². The van der Waals surface area contributed by atoms with Crippen LogP contribution in [0, 0.1) is 12.8 Å². The van der Waals surface area contributed by atoms with Gasteiger partial charge in [0.1, 0.15) is 0 Å². The predicted molar refractivity (Wildman–Crippen MR) is 80.2 cm³/mol. The summed E-state index contributed by atoms with van der Waals surface area (Å²) in [5, 5.41) is 9.77. The Bertz CT molecular complexity index is 706. The molecule has 2 aromatic rings. The largest absolute Gasteiger partial charge is 0.352 e. The van der Waals surface area contributed by atoms with Gasteiger partial charge in [-0.25, -0.2) is 0 Å². The number of benzene rings is 1. The standard InChI is InChI=1S/C17H19N3O/c1-11-14(10-19-20-11)16(21)18-9-13-8-17(13)7-6-12-4-2-3-5-15(12)17/h2-5,10,13H,6-9H2,1H3,(H,18,21)(H,19,20)/t13-,17-/m0/s1. The van der Waals surface area contributed by atoms with Gasteiger partial charge in [-0.2, -0.15) is 5.10 Å². The third kappa shape index (κ3) is 1.89. The second-order valence-corrected chi connectivity index (χ2v) is 6.33. The summed E-state index contributed by atoms with van der Waals surface area (Å²) < 4.78 is 0. The number of amides is 1. The van der Waals surface area contributed by atoms with Crippen LogP contribution in [0.15, 0.2) is 30.5 Å². The van der Waals surface area contributed by atoms with E-state index in [0.717, 1.165) is 12.2 Å². The van der Waals surface area contributed by atoms with Crippen molar-refractivity contribution in [3.8, 4) is 0 Å². The number of aryl methyl sites for hydroxylation is 2. The fourth-order valence-electron chi connectivity index (χ4n) is 3.89. The molecule has 2 aliphatic rings. The maximum absolute atomic E-state index is 12.1. The lowest BCUT2D eigenvalue weighted by molar-refractivity contribution is 0.0950. The molecule has 1 saturated carbocycles. The monoisotopic (exact) mass is 281 g/mol. The number of hydrogen-bond donors (Lipinski definition) is 2. The van der Waals surface area contributed by atoms with Gasteiger partial charge in [0.25, 0.3) is 5.91 Å². The van der Waals surface area contributed by atoms with Gasteiger partial charge in [0, 0.05) is 17.7 Å². The van der Waals surface area contributed by atoms with E-state index in [9.17, 15) is 4.79 Å². The number of aromatic nitrogens is 2. The van der Waals surface area contributed by atoms with E-state index < -0.39 is 0 Å². The van der Waals surface area contributed by atoms with Gasteiger partial charge in [0.15, 0.2) is 0 Å². The fourth-order valence-corrected chi connectivity index (χ4v) is 3.89. The van der Waals surface area contributed by atoms with E-state index in [0.29, 0.717) is 16.9 Å². The van der Waals surface area contributed by atoms with Crippen molar-refractivity contribution < 1.29 is 4.79 Å². The zero-order valence-corrected chi connectivity index (χ0v) is 12.1. The average molecular weight is 281 g/mol. The quantitative estimate of drug-likeness (QED) is 0.907. The smallest absolute Gasteiger partial charge is 0.254 e. The molecule has 4 nitrogen and oxygen atoms in total. The van der Waals surface area contributed by atoms with Gasteiger partial charge in [0.05, 0.1) is 11.8 Å². The minimum absolute atomic E-state index is 0.0189. The van der Waals surface area contributed by atoms with E-state index in [1.54, 1.807) is 6.20 Å². The van der Waals surface area contributed by atoms with E-state index in [2.05, 4.69) is 39.8 Å². The molecule has 2 N–H and O–H groups in total. The van der Waals surface area contributed by atoms with E-state index in [1.807, 2.05) is 6.92 Å². The highest BCUT2D eigenvalue weighted by Crippen LogP contribution is 2.61. The number of rotatable bonds is 3. The van der Waals surface area contributed by atoms with E-state index in [4.69, 9.17) is 0 Å². The van der Waals surface area contributed by atoms with Crippen molar-refractivity contribution in [1.82, 2.24) is 15.5 Å². The normalized spacial score (nSPS) is 25.9. The van der Waals surface area contributed by atoms with Crippen LogP contribution in [0.2, 0.25) is 0 Å². The number of nitrogens with zero attached hydrogens (tertiary/aromatic N) is 1. The lowest BCUT2D eigenvalue weighted by atomic mass is 9.95. The van der Waals surface area contributed by atoms with Crippen molar-refractivity contribution in [3.63, 3.8) is 0 Å². The third-order valence-electron chi connectivity index (χ3n) is 5.21. The summed E-state index contributed by atoms with van der Waals surface area (Å²) >= 11 is 0. The Balaban J connectivity index is 1.43. The second kappa shape index (κ2) is 4.45. The molecule has 108 valence electrons. The van der Waals surface area contributed by atoms with Crippen LogP contribution in [0.5, 0.6) is 0 Å². The molecule has 1 aromatic carbocycles. The molecule has 1 heterocycles. The van der Waals surface area contributed by atoms with Gasteiger partial charge in [-0.1, -0.05) is 24.3 Å². The number of nitrogens with one attached hydrogen (secondary N) is 2. The maximum Gasteiger partial charge on any atom is 0.254 e. The summed E-state index contributed by atoms with van der Waals surface area (Å²) in [6, 6.07) is 8.77. The van der Waals surface area contributed by atoms with Gasteiger partial charge in [-0.3, -0.25) is 9.89 Å². The number of H-pyrrole nitrogens is 1. The lowest BCUT2D eigenvalue weighted by Gasteiger charge is -2.12. The summed E-state index contributed by atoms with van der Waals surface area (Å²) in [7, 11) is 0. The van der Waals surface area contributed by atoms with E-state index in [-0.39, 0.29) is 5.91 Å². The first-order valence-corrected chi connectivity index (χ1v) is 7.57. The minimum Gasteiger partial charge on any atom is -0.352 e. The highest BCUT2D eigenvalue weighted by Gasteiger charge is 2.57. The minimum atomic E-state index is -0.0189. The van der Waals surface area contributed by atoms with Crippen LogP contribution >= 0.6 is 0 Å². The van der Waals surface area contributed by atoms with Crippen LogP contribution in [-0.2, 0) is 11.8 Å². The van der Waals surface area contributed by atoms with Crippen molar-refractivity contribution in [2.45, 2.75) is 31.6 Å². The molecule has 2 aliphatic carbocycles. The molecule has 21 heavy (non-hydrogen) atoms. The summed E-state index contributed by atoms with van der Waals surface area (Å²) in [6.07, 6.45) is 5.21. The second-order valence-electron chi connectivity index (χ2n) is 6.33. The van der Waals surface area contributed by atoms with E-state index in [1.165, 1.54) is 30.4 Å². The third-order valence-corrected chi connectivity index (χ3v) is 5.21. The Labute approximate surface area is 124 Å². The first-order chi connectivity index (χ1) is 10.2. The Kier molecular flexibility index (Phi) is 2.67. The van der Waals surface area contributed by atoms with Crippen molar-refractivity contribution in [2.75, 3.05) is 6.54 Å². The molecule has 1 fully saturated rings. The number of carbonyl (C=O) groups excluding carboxylic acids is 1. The van der Waals surface area contributed by atoms with Crippen LogP contribution in [0.3, 0.4) is 0 Å². The van der Waals surface area contributed by atoms with Crippen LogP contribution in [0.1, 0.15) is 40.0 Å². The molecule has 0 radical (unpaired) electrons. The number of carbonyl (C=O) groups is 1. The molecule has 0 bridgehead atoms. The molecule has 0 saturated heterocycles. The average Bonchev–Trinajstić information content (AvgIpc) is 2.82. The zero-order valence-electron chi connectivity index (χ0n) is 12.1. The van der Waals surface area contributed by atoms with Crippen LogP contribution in [0.25, 0.3) is 0 Å². The SMILES string of the molecule is Cc1[nH]ncc1C(=O)NC[C@@H]1C[C@@]12CCc1ccccc12. The summed E-state index contributed by atoms with van der Waals surface area (Å²) in [5.41, 5.74) is 4.83. The first kappa shape index (κ1) is 12.6. The maximum atomic E-state index is 12.1. The Morgan fingerprint density at radius 1 is 1.48 bits per heavy atom. The Morgan fingerprint density at radius 3 is 3.14 bits per heavy atom. The molecule has 2 atom stereocenters. The molecule has 4 heteroatoms. The number of aromatic amines is 1. The molecule has 4 rings (SSSR count). The Morgan fingerprint density at radius 2 is 2.33 bits per heavy atom. The van der Waals surface area contributed by atoms with Crippen LogP contribution in [0.4, 0.5) is 0 Å². The highest BCUT2D eigenvalue weighted by molar-refractivity contribution is 5.94. The van der Waals surface area contributed by atoms with Crippen molar-refractivity contribution in [3.05, 3.63) is 52.8 Å². The summed E-state index contributed by atoms with van der Waals surface area (Å²) in [6.45, 7) is 2.63. The summed E-state index contributed by atoms with van der Waals surface area (Å²) in [5.74, 6) is 0.562. The topological polar surface area (TPSA) is 57.8 Å².